The molecule has 0 aliphatic heterocycles. The van der Waals surface area contributed by atoms with Crippen LogP contribution >= 0.6 is 0 Å². The third kappa shape index (κ3) is 34.7. The summed E-state index contributed by atoms with van der Waals surface area (Å²) in [5.41, 5.74) is 17.0. The minimum absolute atomic E-state index is 0.00133. The van der Waals surface area contributed by atoms with Gasteiger partial charge in [0.25, 0.3) is 0 Å². The Balaban J connectivity index is 4.26. The molecule has 0 heterocycles. The van der Waals surface area contributed by atoms with Crippen molar-refractivity contribution < 1.29 is 9.59 Å². The maximum Gasteiger partial charge on any atom is 0.241 e. The SMILES string of the molecule is CCCCCCCC/C=C\CCCCCCCCN(CCCCCCCCCCCCCCCC)C(=O)CNC(=O)C(N)CCNC(N)N. The maximum atomic E-state index is 13.1. The molecule has 0 aromatic heterocycles. The molecule has 0 aliphatic rings. The van der Waals surface area contributed by atoms with Crippen LogP contribution in [-0.2, 0) is 9.59 Å². The molecular formula is C41H84N6O2. The predicted octanol–water partition coefficient (Wildman–Crippen LogP) is 8.96. The molecule has 8 heteroatoms. The summed E-state index contributed by atoms with van der Waals surface area (Å²) in [4.78, 5) is 27.6. The lowest BCUT2D eigenvalue weighted by atomic mass is 10.0. The topological polar surface area (TPSA) is 140 Å². The molecule has 8 nitrogen and oxygen atoms in total. The first-order valence-electron chi connectivity index (χ1n) is 21.1. The van der Waals surface area contributed by atoms with E-state index in [9.17, 15) is 9.59 Å². The van der Waals surface area contributed by atoms with Crippen molar-refractivity contribution in [2.45, 2.75) is 212 Å². The molecule has 290 valence electrons. The van der Waals surface area contributed by atoms with Crippen molar-refractivity contribution in [3.8, 4) is 0 Å². The van der Waals surface area contributed by atoms with Gasteiger partial charge in [-0.3, -0.25) is 14.9 Å². The molecule has 49 heavy (non-hydrogen) atoms. The van der Waals surface area contributed by atoms with E-state index in [4.69, 9.17) is 17.2 Å². The first-order chi connectivity index (χ1) is 23.9. The van der Waals surface area contributed by atoms with Crippen LogP contribution in [0.1, 0.15) is 200 Å². The number of hydrogen-bond donors (Lipinski definition) is 5. The highest BCUT2D eigenvalue weighted by Crippen LogP contribution is 2.14. The van der Waals surface area contributed by atoms with Crippen molar-refractivity contribution >= 4 is 11.8 Å². The summed E-state index contributed by atoms with van der Waals surface area (Å²) in [7, 11) is 0. The molecular weight excluding hydrogens is 608 g/mol. The fraction of sp³-hybridized carbons (Fsp3) is 0.902. The number of nitrogens with two attached hydrogens (primary N) is 3. The minimum Gasteiger partial charge on any atom is -0.346 e. The molecule has 0 aliphatic carbocycles. The quantitative estimate of drug-likeness (QED) is 0.0249. The van der Waals surface area contributed by atoms with Gasteiger partial charge in [-0.25, -0.2) is 0 Å². The van der Waals surface area contributed by atoms with Crippen molar-refractivity contribution in [1.29, 1.82) is 0 Å². The Morgan fingerprint density at radius 2 is 0.918 bits per heavy atom. The molecule has 1 unspecified atom stereocenters. The Morgan fingerprint density at radius 1 is 0.551 bits per heavy atom. The van der Waals surface area contributed by atoms with Gasteiger partial charge in [0.2, 0.25) is 11.8 Å². The van der Waals surface area contributed by atoms with E-state index in [1.165, 1.54) is 154 Å². The van der Waals surface area contributed by atoms with Crippen LogP contribution in [0.2, 0.25) is 0 Å². The van der Waals surface area contributed by atoms with Crippen molar-refractivity contribution in [3.05, 3.63) is 12.2 Å². The van der Waals surface area contributed by atoms with Gasteiger partial charge in [0.1, 0.15) is 6.29 Å². The maximum absolute atomic E-state index is 13.1. The van der Waals surface area contributed by atoms with E-state index in [0.29, 0.717) is 13.0 Å². The van der Waals surface area contributed by atoms with Crippen molar-refractivity contribution in [2.75, 3.05) is 26.2 Å². The smallest absolute Gasteiger partial charge is 0.241 e. The zero-order chi connectivity index (χ0) is 36.0. The van der Waals surface area contributed by atoms with Gasteiger partial charge in [-0.2, -0.15) is 0 Å². The first-order valence-corrected chi connectivity index (χ1v) is 21.1. The van der Waals surface area contributed by atoms with E-state index >= 15 is 0 Å². The van der Waals surface area contributed by atoms with Crippen LogP contribution < -0.4 is 27.8 Å². The van der Waals surface area contributed by atoms with Crippen LogP contribution in [0.3, 0.4) is 0 Å². The zero-order valence-corrected chi connectivity index (χ0v) is 32.6. The van der Waals surface area contributed by atoms with Crippen molar-refractivity contribution in [2.24, 2.45) is 17.2 Å². The largest absolute Gasteiger partial charge is 0.346 e. The molecule has 0 aromatic rings. The number of hydrogen-bond acceptors (Lipinski definition) is 6. The van der Waals surface area contributed by atoms with Crippen molar-refractivity contribution in [1.82, 2.24) is 15.5 Å². The molecule has 0 fully saturated rings. The Kier molecular flexibility index (Phi) is 36.6. The van der Waals surface area contributed by atoms with Crippen LogP contribution in [0.15, 0.2) is 12.2 Å². The molecule has 0 saturated carbocycles. The van der Waals surface area contributed by atoms with Gasteiger partial charge in [0.15, 0.2) is 0 Å². The van der Waals surface area contributed by atoms with E-state index in [2.05, 4.69) is 36.6 Å². The van der Waals surface area contributed by atoms with Gasteiger partial charge in [0.05, 0.1) is 12.6 Å². The molecule has 0 rings (SSSR count). The van der Waals surface area contributed by atoms with Gasteiger partial charge in [-0.15, -0.1) is 0 Å². The Morgan fingerprint density at radius 3 is 1.31 bits per heavy atom. The minimum atomic E-state index is -0.700. The lowest BCUT2D eigenvalue weighted by Gasteiger charge is -2.23. The molecule has 0 spiro atoms. The van der Waals surface area contributed by atoms with Crippen molar-refractivity contribution in [3.63, 3.8) is 0 Å². The highest BCUT2D eigenvalue weighted by atomic mass is 16.2. The van der Waals surface area contributed by atoms with Crippen LogP contribution in [0, 0.1) is 0 Å². The number of carbonyl (C=O) groups is 2. The standard InChI is InChI=1S/C41H84N6O2/c1-3-5-7-9-11-13-15-17-19-20-22-24-26-28-30-32-36-47(39(48)37-46-40(49)38(42)33-34-45-41(43)44)35-31-29-27-25-23-21-18-16-14-12-10-8-6-4-2/h17,19,38,41,45H,3-16,18,20-37,42-44H2,1-2H3,(H,46,49)/b19-17-. The molecule has 2 amide bonds. The van der Waals surface area contributed by atoms with Gasteiger partial charge in [-0.05, 0) is 51.5 Å². The first kappa shape index (κ1) is 47.5. The second kappa shape index (κ2) is 37.8. The normalized spacial score (nSPS) is 12.3. The molecule has 8 N–H and O–H groups in total. The second-order valence-electron chi connectivity index (χ2n) is 14.5. The fourth-order valence-electron chi connectivity index (χ4n) is 6.35. The number of amides is 2. The summed E-state index contributed by atoms with van der Waals surface area (Å²) < 4.78 is 0. The lowest BCUT2D eigenvalue weighted by molar-refractivity contribution is -0.133. The predicted molar refractivity (Wildman–Crippen MR) is 212 cm³/mol. The number of unbranched alkanes of at least 4 members (excludes halogenated alkanes) is 25. The molecule has 1 atom stereocenters. The van der Waals surface area contributed by atoms with E-state index in [1.54, 1.807) is 0 Å². The fourth-order valence-corrected chi connectivity index (χ4v) is 6.35. The van der Waals surface area contributed by atoms with Crippen LogP contribution in [0.5, 0.6) is 0 Å². The summed E-state index contributed by atoms with van der Waals surface area (Å²) in [6.07, 6.45) is 40.8. The number of rotatable bonds is 38. The van der Waals surface area contributed by atoms with Gasteiger partial charge in [0, 0.05) is 13.1 Å². The monoisotopic (exact) mass is 693 g/mol. The zero-order valence-electron chi connectivity index (χ0n) is 32.6. The summed E-state index contributed by atoms with van der Waals surface area (Å²) in [6, 6.07) is -0.700. The Hall–Kier alpha value is -1.48. The number of nitrogens with one attached hydrogen (secondary N) is 2. The van der Waals surface area contributed by atoms with E-state index in [1.807, 2.05) is 4.90 Å². The molecule has 0 saturated heterocycles. The average Bonchev–Trinajstić information content (AvgIpc) is 3.09. The third-order valence-corrected chi connectivity index (χ3v) is 9.66. The van der Waals surface area contributed by atoms with Gasteiger partial charge < -0.3 is 27.4 Å². The highest BCUT2D eigenvalue weighted by Gasteiger charge is 2.17. The number of carbonyl (C=O) groups excluding carboxylic acids is 2. The van der Waals surface area contributed by atoms with Gasteiger partial charge >= 0.3 is 0 Å². The van der Waals surface area contributed by atoms with E-state index in [0.717, 1.165) is 38.8 Å². The Bertz CT molecular complexity index is 748. The highest BCUT2D eigenvalue weighted by molar-refractivity contribution is 5.87. The summed E-state index contributed by atoms with van der Waals surface area (Å²) in [5, 5.41) is 5.61. The van der Waals surface area contributed by atoms with E-state index < -0.39 is 12.3 Å². The summed E-state index contributed by atoms with van der Waals surface area (Å²) in [5.74, 6) is -0.320. The number of allylic oxidation sites excluding steroid dienone is 2. The van der Waals surface area contributed by atoms with E-state index in [-0.39, 0.29) is 18.4 Å². The van der Waals surface area contributed by atoms with Gasteiger partial charge in [-0.1, -0.05) is 167 Å². The lowest BCUT2D eigenvalue weighted by Crippen LogP contribution is -2.49. The van der Waals surface area contributed by atoms with Crippen LogP contribution in [0.4, 0.5) is 0 Å². The molecule has 0 aromatic carbocycles. The summed E-state index contributed by atoms with van der Waals surface area (Å²) >= 11 is 0. The average molecular weight is 693 g/mol. The second-order valence-corrected chi connectivity index (χ2v) is 14.5. The summed E-state index contributed by atoms with van der Waals surface area (Å²) in [6.45, 7) is 6.52. The van der Waals surface area contributed by atoms with Crippen LogP contribution in [0.25, 0.3) is 0 Å². The molecule has 0 radical (unpaired) electrons. The third-order valence-electron chi connectivity index (χ3n) is 9.66. The molecule has 0 bridgehead atoms. The Labute approximate surface area is 304 Å². The number of nitrogens with zero attached hydrogens (tertiary/aromatic N) is 1. The van der Waals surface area contributed by atoms with Crippen LogP contribution in [-0.4, -0.2) is 55.2 Å².